The zero-order chi connectivity index (χ0) is 19.0. The Kier molecular flexibility index (Phi) is 17.2. The van der Waals surface area contributed by atoms with E-state index in [0.29, 0.717) is 4.09 Å². The van der Waals surface area contributed by atoms with Crippen LogP contribution in [0.15, 0.2) is 0 Å². The van der Waals surface area contributed by atoms with Crippen molar-refractivity contribution in [3.8, 4) is 0 Å². The SMILES string of the molecule is O=C(O)CC(=O)O.[Li][C](C)(CCCCCC)C(CC)CCCCC. The molecule has 0 aliphatic carbocycles. The Hall–Kier alpha value is -0.463. The molecule has 0 aromatic carbocycles. The van der Waals surface area contributed by atoms with Gasteiger partial charge in [-0.1, -0.05) is 0 Å². The number of carboxylic acids is 2. The fourth-order valence-corrected chi connectivity index (χ4v) is 3.13. The summed E-state index contributed by atoms with van der Waals surface area (Å²) in [4.78, 5) is 18.9. The van der Waals surface area contributed by atoms with Gasteiger partial charge in [0.1, 0.15) is 6.42 Å². The Morgan fingerprint density at radius 1 is 0.917 bits per heavy atom. The maximum atomic E-state index is 9.43. The topological polar surface area (TPSA) is 74.6 Å². The summed E-state index contributed by atoms with van der Waals surface area (Å²) >= 11 is 2.50. The Morgan fingerprint density at radius 3 is 1.79 bits per heavy atom. The summed E-state index contributed by atoms with van der Waals surface area (Å²) in [6.07, 6.45) is 13.3. The van der Waals surface area contributed by atoms with Gasteiger partial charge in [-0.05, 0) is 0 Å². The summed E-state index contributed by atoms with van der Waals surface area (Å²) in [5, 5.41) is 15.4. The van der Waals surface area contributed by atoms with Crippen LogP contribution in [-0.2, 0) is 9.59 Å². The molecule has 5 heteroatoms. The second-order valence-electron chi connectivity index (χ2n) is 7.36. The van der Waals surface area contributed by atoms with Gasteiger partial charge in [0, 0.05) is 0 Å². The van der Waals surface area contributed by atoms with E-state index in [4.69, 9.17) is 10.2 Å². The van der Waals surface area contributed by atoms with E-state index in [-0.39, 0.29) is 0 Å². The molecule has 0 amide bonds. The second kappa shape index (κ2) is 16.0. The van der Waals surface area contributed by atoms with E-state index in [2.05, 4.69) is 45.4 Å². The monoisotopic (exact) mass is 336 g/mol. The summed E-state index contributed by atoms with van der Waals surface area (Å²) < 4.78 is 0.566. The molecule has 0 bridgehead atoms. The molecule has 24 heavy (non-hydrogen) atoms. The first-order chi connectivity index (χ1) is 11.2. The number of carbonyl (C=O) groups is 2. The fraction of sp³-hybridized carbons (Fsp3) is 0.895. The molecule has 0 rings (SSSR count). The third-order valence-electron chi connectivity index (χ3n) is 4.73. The minimum atomic E-state index is -1.31. The Labute approximate surface area is 158 Å². The standard InChI is InChI=1S/C16H33.C3H4O4.Li/c1-5-8-10-12-13-15(4)16(7-3)14-11-9-6-2;4-2(5)1-3(6)7;/h16H,5-14H2,1-4H3;1H2,(H,4,5)(H,6,7);. The van der Waals surface area contributed by atoms with E-state index in [0.717, 1.165) is 5.92 Å². The Bertz CT molecular complexity index is 317. The molecule has 0 heterocycles. The van der Waals surface area contributed by atoms with Crippen molar-refractivity contribution in [3.63, 3.8) is 0 Å². The van der Waals surface area contributed by atoms with Crippen LogP contribution in [0, 0.1) is 5.92 Å². The van der Waals surface area contributed by atoms with Gasteiger partial charge in [-0.15, -0.1) is 0 Å². The predicted molar refractivity (Wildman–Crippen MR) is 101 cm³/mol. The van der Waals surface area contributed by atoms with E-state index >= 15 is 0 Å². The van der Waals surface area contributed by atoms with Crippen molar-refractivity contribution in [2.75, 3.05) is 0 Å². The second-order valence-corrected chi connectivity index (χ2v) is 7.36. The van der Waals surface area contributed by atoms with Gasteiger partial charge in [0.15, 0.2) is 0 Å². The normalized spacial score (nSPS) is 14.2. The quantitative estimate of drug-likeness (QED) is 0.266. The van der Waals surface area contributed by atoms with Gasteiger partial charge >= 0.3 is 132 Å². The van der Waals surface area contributed by atoms with Crippen LogP contribution in [0.5, 0.6) is 0 Å². The van der Waals surface area contributed by atoms with Crippen molar-refractivity contribution >= 4 is 29.7 Å². The van der Waals surface area contributed by atoms with Crippen molar-refractivity contribution < 1.29 is 19.8 Å². The molecule has 0 aromatic heterocycles. The van der Waals surface area contributed by atoms with E-state index in [9.17, 15) is 9.59 Å². The molecule has 4 nitrogen and oxygen atoms in total. The molecule has 0 aromatic rings. The average Bonchev–Trinajstić information content (AvgIpc) is 2.47. The van der Waals surface area contributed by atoms with Crippen LogP contribution in [0.25, 0.3) is 0 Å². The number of hydrogen-bond acceptors (Lipinski definition) is 2. The van der Waals surface area contributed by atoms with Crippen LogP contribution in [0.3, 0.4) is 0 Å². The van der Waals surface area contributed by atoms with Crippen LogP contribution in [0.1, 0.15) is 98.3 Å². The van der Waals surface area contributed by atoms with Crippen LogP contribution >= 0.6 is 0 Å². The summed E-state index contributed by atoms with van der Waals surface area (Å²) in [5.74, 6) is -1.68. The summed E-state index contributed by atoms with van der Waals surface area (Å²) in [7, 11) is 0. The first kappa shape index (κ1) is 25.8. The Balaban J connectivity index is 0. The van der Waals surface area contributed by atoms with Crippen molar-refractivity contribution in [3.05, 3.63) is 0 Å². The molecule has 0 radical (unpaired) electrons. The van der Waals surface area contributed by atoms with E-state index < -0.39 is 18.4 Å². The third kappa shape index (κ3) is 16.4. The molecule has 0 spiro atoms. The molecule has 2 atom stereocenters. The molecule has 0 fully saturated rings. The van der Waals surface area contributed by atoms with E-state index in [1.165, 1.54) is 64.2 Å². The van der Waals surface area contributed by atoms with E-state index in [1.807, 2.05) is 0 Å². The van der Waals surface area contributed by atoms with Crippen molar-refractivity contribution in [1.29, 1.82) is 0 Å². The molecule has 0 aliphatic rings. The zero-order valence-electron chi connectivity index (χ0n) is 16.6. The van der Waals surface area contributed by atoms with Crippen LogP contribution in [0.4, 0.5) is 0 Å². The summed E-state index contributed by atoms with van der Waals surface area (Å²) in [6.45, 7) is 9.48. The van der Waals surface area contributed by atoms with Gasteiger partial charge in [-0.3, -0.25) is 9.59 Å². The molecule has 0 saturated carbocycles. The van der Waals surface area contributed by atoms with Crippen LogP contribution in [-0.4, -0.2) is 39.9 Å². The fourth-order valence-electron chi connectivity index (χ4n) is 3.13. The molecule has 2 unspecified atom stereocenters. The number of aliphatic carboxylic acids is 2. The summed E-state index contributed by atoms with van der Waals surface area (Å²) in [6, 6.07) is 0. The van der Waals surface area contributed by atoms with Crippen molar-refractivity contribution in [1.82, 2.24) is 0 Å². The number of rotatable bonds is 13. The zero-order valence-corrected chi connectivity index (χ0v) is 16.6. The van der Waals surface area contributed by atoms with Gasteiger partial charge < -0.3 is 10.2 Å². The maximum absolute atomic E-state index is 9.43. The van der Waals surface area contributed by atoms with Crippen LogP contribution in [0.2, 0.25) is 4.09 Å². The van der Waals surface area contributed by atoms with Gasteiger partial charge in [0.05, 0.1) is 0 Å². The van der Waals surface area contributed by atoms with Gasteiger partial charge in [0.2, 0.25) is 0 Å². The van der Waals surface area contributed by atoms with Gasteiger partial charge in [-0.2, -0.15) is 0 Å². The third-order valence-corrected chi connectivity index (χ3v) is 4.73. The molecule has 2 N–H and O–H groups in total. The minimum absolute atomic E-state index is 0.566. The Morgan fingerprint density at radius 2 is 1.42 bits per heavy atom. The number of hydrogen-bond donors (Lipinski definition) is 2. The number of carboxylic acid groups (broad SMARTS) is 2. The number of unbranched alkanes of at least 4 members (excludes halogenated alkanes) is 5. The van der Waals surface area contributed by atoms with Gasteiger partial charge in [-0.25, -0.2) is 0 Å². The summed E-state index contributed by atoms with van der Waals surface area (Å²) in [5.41, 5.74) is 0. The molecular formula is C19H37LiO4. The molecular weight excluding hydrogens is 299 g/mol. The molecule has 0 saturated heterocycles. The first-order valence-corrected chi connectivity index (χ1v) is 9.64. The van der Waals surface area contributed by atoms with Crippen molar-refractivity contribution in [2.24, 2.45) is 5.92 Å². The molecule has 0 aliphatic heterocycles. The van der Waals surface area contributed by atoms with Crippen molar-refractivity contribution in [2.45, 2.75) is 102 Å². The predicted octanol–water partition coefficient (Wildman–Crippen LogP) is 5.46. The first-order valence-electron chi connectivity index (χ1n) is 9.64. The van der Waals surface area contributed by atoms with Gasteiger partial charge in [0.25, 0.3) is 0 Å². The average molecular weight is 336 g/mol. The van der Waals surface area contributed by atoms with E-state index in [1.54, 1.807) is 0 Å². The molecule has 138 valence electrons. The van der Waals surface area contributed by atoms with Crippen LogP contribution < -0.4 is 0 Å².